The van der Waals surface area contributed by atoms with Crippen LogP contribution in [0, 0.1) is 0 Å². The second-order valence-corrected chi connectivity index (χ2v) is 7.08. The van der Waals surface area contributed by atoms with Crippen molar-refractivity contribution in [3.63, 3.8) is 0 Å². The van der Waals surface area contributed by atoms with Gasteiger partial charge in [0, 0.05) is 49.9 Å². The molecule has 3 rings (SSSR count). The summed E-state index contributed by atoms with van der Waals surface area (Å²) in [6, 6.07) is 9.37. The van der Waals surface area contributed by atoms with Crippen molar-refractivity contribution < 1.29 is 5.11 Å². The van der Waals surface area contributed by atoms with Crippen LogP contribution in [0.3, 0.4) is 0 Å². The van der Waals surface area contributed by atoms with Crippen LogP contribution in [0.2, 0.25) is 5.02 Å². The summed E-state index contributed by atoms with van der Waals surface area (Å²) in [4.78, 5) is 5.17. The molecule has 1 atom stereocenters. The van der Waals surface area contributed by atoms with Crippen LogP contribution in [0.4, 0.5) is 0 Å². The Balaban J connectivity index is 1.63. The van der Waals surface area contributed by atoms with E-state index in [1.54, 1.807) is 0 Å². The Labute approximate surface area is 138 Å². The lowest BCUT2D eigenvalue weighted by Gasteiger charge is -2.44. The lowest BCUT2D eigenvalue weighted by Crippen LogP contribution is -2.56. The molecule has 3 nitrogen and oxygen atoms in total. The average Bonchev–Trinajstić information content (AvgIpc) is 3.04. The highest BCUT2D eigenvalue weighted by atomic mass is 35.5. The molecule has 1 heterocycles. The average molecular weight is 323 g/mol. The molecule has 1 aliphatic heterocycles. The molecule has 4 heteroatoms. The molecule has 0 spiro atoms. The van der Waals surface area contributed by atoms with Crippen LogP contribution in [-0.2, 0) is 6.54 Å². The first-order chi connectivity index (χ1) is 10.8. The third-order valence-corrected chi connectivity index (χ3v) is 5.59. The van der Waals surface area contributed by atoms with Gasteiger partial charge in [-0.05, 0) is 30.9 Å². The molecule has 1 aromatic rings. The highest BCUT2D eigenvalue weighted by Gasteiger charge is 2.32. The monoisotopic (exact) mass is 322 g/mol. The van der Waals surface area contributed by atoms with E-state index >= 15 is 0 Å². The van der Waals surface area contributed by atoms with Crippen molar-refractivity contribution in [1.82, 2.24) is 9.80 Å². The van der Waals surface area contributed by atoms with Gasteiger partial charge in [0.15, 0.2) is 0 Å². The molecular formula is C18H27ClN2O. The van der Waals surface area contributed by atoms with Crippen LogP contribution in [0.25, 0.3) is 0 Å². The van der Waals surface area contributed by atoms with E-state index < -0.39 is 0 Å². The third kappa shape index (κ3) is 3.83. The van der Waals surface area contributed by atoms with Gasteiger partial charge in [-0.15, -0.1) is 0 Å². The number of nitrogens with zero attached hydrogens (tertiary/aromatic N) is 2. The van der Waals surface area contributed by atoms with Crippen molar-refractivity contribution in [2.45, 2.75) is 50.7 Å². The summed E-state index contributed by atoms with van der Waals surface area (Å²) in [5.74, 6) is 0. The van der Waals surface area contributed by atoms with Crippen molar-refractivity contribution in [3.05, 3.63) is 34.9 Å². The number of piperazine rings is 1. The molecule has 0 amide bonds. The second kappa shape index (κ2) is 7.78. The van der Waals surface area contributed by atoms with Gasteiger partial charge < -0.3 is 5.11 Å². The summed E-state index contributed by atoms with van der Waals surface area (Å²) in [7, 11) is 0. The quantitative estimate of drug-likeness (QED) is 0.902. The minimum absolute atomic E-state index is 0.286. The van der Waals surface area contributed by atoms with E-state index in [0.29, 0.717) is 6.04 Å². The van der Waals surface area contributed by atoms with Crippen molar-refractivity contribution in [2.75, 3.05) is 26.2 Å². The first kappa shape index (κ1) is 16.3. The van der Waals surface area contributed by atoms with E-state index in [2.05, 4.69) is 21.9 Å². The number of benzene rings is 1. The van der Waals surface area contributed by atoms with E-state index in [1.165, 1.54) is 31.2 Å². The van der Waals surface area contributed by atoms with E-state index in [9.17, 15) is 5.11 Å². The highest BCUT2D eigenvalue weighted by Crippen LogP contribution is 2.28. The fourth-order valence-electron chi connectivity index (χ4n) is 4.07. The van der Waals surface area contributed by atoms with Gasteiger partial charge in [-0.1, -0.05) is 42.6 Å². The van der Waals surface area contributed by atoms with Crippen molar-refractivity contribution in [2.24, 2.45) is 0 Å². The third-order valence-electron chi connectivity index (χ3n) is 5.22. The van der Waals surface area contributed by atoms with Gasteiger partial charge in [-0.3, -0.25) is 9.80 Å². The van der Waals surface area contributed by atoms with Crippen LogP contribution in [0.15, 0.2) is 24.3 Å². The van der Waals surface area contributed by atoms with Crippen molar-refractivity contribution in [3.8, 4) is 0 Å². The fraction of sp³-hybridized carbons (Fsp3) is 0.667. The molecule has 1 saturated carbocycles. The minimum Gasteiger partial charge on any atom is -0.396 e. The maximum Gasteiger partial charge on any atom is 0.0451 e. The Hall–Kier alpha value is -0.610. The Morgan fingerprint density at radius 2 is 1.91 bits per heavy atom. The summed E-state index contributed by atoms with van der Waals surface area (Å²) in [5, 5.41) is 10.3. The molecular weight excluding hydrogens is 296 g/mol. The summed E-state index contributed by atoms with van der Waals surface area (Å²) < 4.78 is 0. The fourth-order valence-corrected chi connectivity index (χ4v) is 4.26. The summed E-state index contributed by atoms with van der Waals surface area (Å²) in [6.07, 6.45) is 6.31. The van der Waals surface area contributed by atoms with E-state index in [0.717, 1.165) is 43.7 Å². The van der Waals surface area contributed by atoms with E-state index in [1.807, 2.05) is 12.1 Å². The first-order valence-electron chi connectivity index (χ1n) is 8.60. The zero-order valence-electron chi connectivity index (χ0n) is 13.3. The van der Waals surface area contributed by atoms with Crippen molar-refractivity contribution in [1.29, 1.82) is 0 Å². The number of aliphatic hydroxyl groups is 1. The van der Waals surface area contributed by atoms with Gasteiger partial charge in [0.25, 0.3) is 0 Å². The summed E-state index contributed by atoms with van der Waals surface area (Å²) in [6.45, 7) is 4.47. The van der Waals surface area contributed by atoms with E-state index in [-0.39, 0.29) is 6.61 Å². The SMILES string of the molecule is OCC[C@H]1CN(Cc2ccccc2Cl)CCN1C1CCCC1. The molecule has 0 aromatic heterocycles. The molecule has 1 N–H and O–H groups in total. The van der Waals surface area contributed by atoms with Crippen molar-refractivity contribution >= 4 is 11.6 Å². The molecule has 2 aliphatic rings. The highest BCUT2D eigenvalue weighted by molar-refractivity contribution is 6.31. The van der Waals surface area contributed by atoms with Gasteiger partial charge >= 0.3 is 0 Å². The van der Waals surface area contributed by atoms with Gasteiger partial charge in [0.05, 0.1) is 0 Å². The number of halogens is 1. The lowest BCUT2D eigenvalue weighted by atomic mass is 10.0. The predicted molar refractivity (Wildman–Crippen MR) is 91.2 cm³/mol. The minimum atomic E-state index is 0.286. The van der Waals surface area contributed by atoms with Gasteiger partial charge in [0.2, 0.25) is 0 Å². The lowest BCUT2D eigenvalue weighted by molar-refractivity contribution is 0.0267. The normalized spacial score (nSPS) is 24.9. The standard InChI is InChI=1S/C18H27ClN2O/c19-18-8-4-1-5-15(18)13-20-10-11-21(16-6-2-3-7-16)17(14-20)9-12-22/h1,4-5,8,16-17,22H,2-3,6-7,9-14H2/t17-/m0/s1. The maximum atomic E-state index is 9.43. The van der Waals surface area contributed by atoms with Gasteiger partial charge in [-0.2, -0.15) is 0 Å². The molecule has 22 heavy (non-hydrogen) atoms. The largest absolute Gasteiger partial charge is 0.396 e. The second-order valence-electron chi connectivity index (χ2n) is 6.67. The zero-order valence-corrected chi connectivity index (χ0v) is 14.0. The predicted octanol–water partition coefficient (Wildman–Crippen LogP) is 3.15. The number of hydrogen-bond acceptors (Lipinski definition) is 3. The maximum absolute atomic E-state index is 9.43. The molecule has 2 fully saturated rings. The van der Waals surface area contributed by atoms with Crippen LogP contribution >= 0.6 is 11.6 Å². The topological polar surface area (TPSA) is 26.7 Å². The summed E-state index contributed by atoms with van der Waals surface area (Å²) >= 11 is 6.30. The zero-order chi connectivity index (χ0) is 15.4. The number of rotatable bonds is 5. The Kier molecular flexibility index (Phi) is 5.75. The van der Waals surface area contributed by atoms with Crippen LogP contribution in [0.1, 0.15) is 37.7 Å². The molecule has 0 unspecified atom stereocenters. The van der Waals surface area contributed by atoms with Crippen LogP contribution < -0.4 is 0 Å². The van der Waals surface area contributed by atoms with Gasteiger partial charge in [0.1, 0.15) is 0 Å². The molecule has 1 aliphatic carbocycles. The Morgan fingerprint density at radius 3 is 2.64 bits per heavy atom. The number of aliphatic hydroxyl groups excluding tert-OH is 1. The Bertz CT molecular complexity index is 476. The van der Waals surface area contributed by atoms with Crippen LogP contribution in [0.5, 0.6) is 0 Å². The summed E-state index contributed by atoms with van der Waals surface area (Å²) in [5.41, 5.74) is 1.21. The van der Waals surface area contributed by atoms with Gasteiger partial charge in [-0.25, -0.2) is 0 Å². The molecule has 0 radical (unpaired) electrons. The number of hydrogen-bond donors (Lipinski definition) is 1. The Morgan fingerprint density at radius 1 is 1.14 bits per heavy atom. The molecule has 0 bridgehead atoms. The molecule has 122 valence electrons. The van der Waals surface area contributed by atoms with E-state index in [4.69, 9.17) is 11.6 Å². The first-order valence-corrected chi connectivity index (χ1v) is 8.98. The smallest absolute Gasteiger partial charge is 0.0451 e. The molecule has 1 aromatic carbocycles. The molecule has 1 saturated heterocycles. The van der Waals surface area contributed by atoms with Crippen LogP contribution in [-0.4, -0.2) is 53.2 Å².